The fraction of sp³-hybridized carbons (Fsp3) is 0.520. The van der Waals surface area contributed by atoms with Crippen molar-refractivity contribution in [3.63, 3.8) is 0 Å². The number of piperidine rings is 1. The summed E-state index contributed by atoms with van der Waals surface area (Å²) in [7, 11) is 0. The van der Waals surface area contributed by atoms with Crippen LogP contribution >= 0.6 is 12.6 Å². The van der Waals surface area contributed by atoms with Crippen LogP contribution in [0.3, 0.4) is 0 Å². The van der Waals surface area contributed by atoms with E-state index in [9.17, 15) is 14.0 Å². The summed E-state index contributed by atoms with van der Waals surface area (Å²) >= 11 is 4.75. The molecule has 1 aromatic carbocycles. The van der Waals surface area contributed by atoms with E-state index < -0.39 is 6.04 Å². The lowest BCUT2D eigenvalue weighted by atomic mass is 9.93. The number of thiol groups is 1. The number of likely N-dealkylation sites (tertiary alicyclic amines) is 1. The summed E-state index contributed by atoms with van der Waals surface area (Å²) < 4.78 is 21.4. The van der Waals surface area contributed by atoms with Crippen molar-refractivity contribution in [2.24, 2.45) is 5.92 Å². The fourth-order valence-electron chi connectivity index (χ4n) is 4.37. The first kappa shape index (κ1) is 24.6. The number of aryl methyl sites for hydroxylation is 1. The monoisotopic (exact) mass is 486 g/mol. The average molecular weight is 487 g/mol. The SMILES string of the molecule is CCOC(=O)CCCn1cc(/C=C2\CN(C(C(=O)C3CC3)c3ccccc3F)CCC2S)nn1. The van der Waals surface area contributed by atoms with Crippen LogP contribution in [0, 0.1) is 11.7 Å². The quantitative estimate of drug-likeness (QED) is 0.406. The number of aromatic nitrogens is 3. The lowest BCUT2D eigenvalue weighted by molar-refractivity contribution is -0.143. The molecule has 1 aliphatic carbocycles. The highest BCUT2D eigenvalue weighted by Crippen LogP contribution is 2.39. The van der Waals surface area contributed by atoms with Gasteiger partial charge in [-0.1, -0.05) is 23.4 Å². The lowest BCUT2D eigenvalue weighted by Gasteiger charge is -2.37. The Balaban J connectivity index is 1.47. The number of carbonyl (C=O) groups excluding carboxylic acids is 2. The van der Waals surface area contributed by atoms with Crippen molar-refractivity contribution in [2.45, 2.75) is 56.9 Å². The van der Waals surface area contributed by atoms with Crippen LogP contribution in [0.15, 0.2) is 36.0 Å². The molecule has 0 bridgehead atoms. The molecule has 0 radical (unpaired) electrons. The summed E-state index contributed by atoms with van der Waals surface area (Å²) in [6.07, 6.45) is 7.27. The van der Waals surface area contributed by atoms with Gasteiger partial charge in [0.05, 0.1) is 18.8 Å². The second-order valence-electron chi connectivity index (χ2n) is 8.91. The summed E-state index contributed by atoms with van der Waals surface area (Å²) in [4.78, 5) is 26.8. The molecule has 2 aliphatic rings. The first-order valence-corrected chi connectivity index (χ1v) is 12.4. The molecule has 4 rings (SSSR count). The highest BCUT2D eigenvalue weighted by Gasteiger charge is 2.40. The first-order valence-electron chi connectivity index (χ1n) is 11.9. The summed E-state index contributed by atoms with van der Waals surface area (Å²) in [6.45, 7) is 3.92. The van der Waals surface area contributed by atoms with Gasteiger partial charge in [0.25, 0.3) is 0 Å². The molecule has 2 unspecified atom stereocenters. The predicted molar refractivity (Wildman–Crippen MR) is 130 cm³/mol. The lowest BCUT2D eigenvalue weighted by Crippen LogP contribution is -2.42. The van der Waals surface area contributed by atoms with Gasteiger partial charge >= 0.3 is 5.97 Å². The molecule has 1 aliphatic heterocycles. The number of ether oxygens (including phenoxy) is 1. The van der Waals surface area contributed by atoms with Gasteiger partial charge in [0, 0.05) is 42.8 Å². The molecule has 0 amide bonds. The maximum Gasteiger partial charge on any atom is 0.305 e. The number of rotatable bonds is 10. The number of esters is 1. The summed E-state index contributed by atoms with van der Waals surface area (Å²) in [5.41, 5.74) is 2.17. The topological polar surface area (TPSA) is 77.3 Å². The molecule has 9 heteroatoms. The third-order valence-corrected chi connectivity index (χ3v) is 6.87. The average Bonchev–Trinajstić information content (AvgIpc) is 3.58. The fourth-order valence-corrected chi connectivity index (χ4v) is 4.64. The number of Topliss-reactive ketones (excluding diaryl/α,β-unsaturated/α-hetero) is 1. The Kier molecular flexibility index (Phi) is 8.15. The molecule has 2 fully saturated rings. The van der Waals surface area contributed by atoms with Crippen molar-refractivity contribution in [3.05, 3.63) is 53.1 Å². The highest BCUT2D eigenvalue weighted by atomic mass is 32.1. The maximum atomic E-state index is 14.7. The molecule has 2 heterocycles. The van der Waals surface area contributed by atoms with E-state index >= 15 is 0 Å². The van der Waals surface area contributed by atoms with Gasteiger partial charge in [-0.3, -0.25) is 19.2 Å². The maximum absolute atomic E-state index is 14.7. The van der Waals surface area contributed by atoms with Gasteiger partial charge in [-0.2, -0.15) is 12.6 Å². The van der Waals surface area contributed by atoms with Crippen LogP contribution in [0.1, 0.15) is 56.3 Å². The Morgan fingerprint density at radius 3 is 2.82 bits per heavy atom. The van der Waals surface area contributed by atoms with E-state index in [0.717, 1.165) is 24.8 Å². The second-order valence-corrected chi connectivity index (χ2v) is 9.53. The number of carbonyl (C=O) groups is 2. The molecule has 0 spiro atoms. The number of ketones is 1. The van der Waals surface area contributed by atoms with E-state index in [-0.39, 0.29) is 28.7 Å². The molecule has 1 saturated carbocycles. The first-order chi connectivity index (χ1) is 16.5. The molecular weight excluding hydrogens is 455 g/mol. The van der Waals surface area contributed by atoms with Crippen LogP contribution in [0.25, 0.3) is 6.08 Å². The van der Waals surface area contributed by atoms with Crippen LogP contribution in [0.5, 0.6) is 0 Å². The van der Waals surface area contributed by atoms with E-state index in [1.807, 2.05) is 12.3 Å². The second kappa shape index (κ2) is 11.3. The minimum absolute atomic E-state index is 0.0280. The zero-order valence-corrected chi connectivity index (χ0v) is 20.3. The smallest absolute Gasteiger partial charge is 0.305 e. The number of benzene rings is 1. The molecular formula is C25H31FN4O3S. The van der Waals surface area contributed by atoms with Crippen LogP contribution in [-0.2, 0) is 20.9 Å². The third kappa shape index (κ3) is 6.13. The molecule has 1 aromatic heterocycles. The van der Waals surface area contributed by atoms with Gasteiger partial charge < -0.3 is 4.74 Å². The molecule has 7 nitrogen and oxygen atoms in total. The van der Waals surface area contributed by atoms with E-state index in [1.54, 1.807) is 29.8 Å². The van der Waals surface area contributed by atoms with Crippen LogP contribution in [-0.4, -0.2) is 56.6 Å². The van der Waals surface area contributed by atoms with Gasteiger partial charge in [0.2, 0.25) is 0 Å². The van der Waals surface area contributed by atoms with Crippen molar-refractivity contribution < 1.29 is 18.7 Å². The summed E-state index contributed by atoms with van der Waals surface area (Å²) in [5.74, 6) is -0.420. The molecule has 182 valence electrons. The van der Waals surface area contributed by atoms with Gasteiger partial charge in [0.1, 0.15) is 11.5 Å². The summed E-state index contributed by atoms with van der Waals surface area (Å²) in [5, 5.41) is 8.42. The number of halogens is 1. The zero-order valence-electron chi connectivity index (χ0n) is 19.4. The van der Waals surface area contributed by atoms with Gasteiger partial charge in [-0.25, -0.2) is 4.39 Å². The normalized spacial score (nSPS) is 20.9. The van der Waals surface area contributed by atoms with E-state index in [1.165, 1.54) is 6.07 Å². The van der Waals surface area contributed by atoms with Crippen molar-refractivity contribution in [1.29, 1.82) is 0 Å². The van der Waals surface area contributed by atoms with Gasteiger partial charge in [-0.05, 0) is 50.3 Å². The Labute approximate surface area is 204 Å². The number of hydrogen-bond acceptors (Lipinski definition) is 7. The van der Waals surface area contributed by atoms with Crippen LogP contribution < -0.4 is 0 Å². The van der Waals surface area contributed by atoms with E-state index in [2.05, 4.69) is 15.2 Å². The zero-order chi connectivity index (χ0) is 24.1. The predicted octanol–water partition coefficient (Wildman–Crippen LogP) is 3.87. The molecule has 2 atom stereocenters. The third-order valence-electron chi connectivity index (χ3n) is 6.28. The van der Waals surface area contributed by atoms with Crippen molar-refractivity contribution >= 4 is 30.5 Å². The van der Waals surface area contributed by atoms with E-state index in [0.29, 0.717) is 50.3 Å². The molecule has 1 saturated heterocycles. The Morgan fingerprint density at radius 1 is 1.29 bits per heavy atom. The number of hydrogen-bond donors (Lipinski definition) is 1. The Morgan fingerprint density at radius 2 is 2.09 bits per heavy atom. The van der Waals surface area contributed by atoms with Crippen molar-refractivity contribution in [3.8, 4) is 0 Å². The Hall–Kier alpha value is -2.52. The highest BCUT2D eigenvalue weighted by molar-refractivity contribution is 7.81. The summed E-state index contributed by atoms with van der Waals surface area (Å²) in [6, 6.07) is 5.99. The largest absolute Gasteiger partial charge is 0.466 e. The minimum atomic E-state index is -0.587. The van der Waals surface area contributed by atoms with Crippen LogP contribution in [0.4, 0.5) is 4.39 Å². The standard InChI is InChI=1S/C25H31FN4O3S/c1-2-33-23(31)8-5-12-30-16-19(27-28-30)14-18-15-29(13-11-22(18)34)24(25(32)17-9-10-17)20-6-3-4-7-21(20)26/h3-4,6-7,14,16-17,22,24,34H,2,5,8-13,15H2,1H3/b18-14+. The van der Waals surface area contributed by atoms with Crippen LogP contribution in [0.2, 0.25) is 0 Å². The van der Waals surface area contributed by atoms with E-state index in [4.69, 9.17) is 17.4 Å². The van der Waals surface area contributed by atoms with Crippen molar-refractivity contribution in [2.75, 3.05) is 19.7 Å². The van der Waals surface area contributed by atoms with Gasteiger partial charge in [-0.15, -0.1) is 5.10 Å². The Bertz CT molecular complexity index is 1050. The molecule has 2 aromatic rings. The van der Waals surface area contributed by atoms with Crippen molar-refractivity contribution in [1.82, 2.24) is 19.9 Å². The minimum Gasteiger partial charge on any atom is -0.466 e. The molecule has 34 heavy (non-hydrogen) atoms. The number of nitrogens with zero attached hydrogens (tertiary/aromatic N) is 4. The molecule has 0 N–H and O–H groups in total. The van der Waals surface area contributed by atoms with Gasteiger partial charge in [0.15, 0.2) is 5.78 Å².